The van der Waals surface area contributed by atoms with Crippen molar-refractivity contribution >= 4 is 23.2 Å². The van der Waals surface area contributed by atoms with Crippen molar-refractivity contribution in [2.24, 2.45) is 5.84 Å². The summed E-state index contributed by atoms with van der Waals surface area (Å²) in [5.41, 5.74) is 6.55. The standard InChI is InChI=1S/C15H21ClN4O2/c1-22-14-7-13(17)12(16)6-11(14)15(21)19-8-4-9-2-3-10(5-8)20(9)18/h6-10H,2-5,17-18H2,1H3,(H,19,21)/t8?,9-,10+. The predicted molar refractivity (Wildman–Crippen MR) is 85.7 cm³/mol. The number of methoxy groups -OCH3 is 1. The third-order valence-electron chi connectivity index (χ3n) is 4.69. The zero-order valence-corrected chi connectivity index (χ0v) is 13.3. The van der Waals surface area contributed by atoms with Gasteiger partial charge < -0.3 is 15.8 Å². The van der Waals surface area contributed by atoms with E-state index in [4.69, 9.17) is 27.9 Å². The SMILES string of the molecule is COc1cc(N)c(Cl)cc1C(=O)NC1C[C@H]2CC[C@@H](C1)N2N. The monoisotopic (exact) mass is 324 g/mol. The summed E-state index contributed by atoms with van der Waals surface area (Å²) in [7, 11) is 1.51. The van der Waals surface area contributed by atoms with Crippen molar-refractivity contribution in [2.45, 2.75) is 43.8 Å². The van der Waals surface area contributed by atoms with Crippen LogP contribution < -0.4 is 21.6 Å². The molecule has 1 aromatic rings. The first kappa shape index (κ1) is 15.4. The Bertz CT molecular complexity index is 581. The number of hydrogen-bond acceptors (Lipinski definition) is 5. The lowest BCUT2D eigenvalue weighted by Gasteiger charge is -2.36. The molecule has 3 rings (SSSR count). The first-order valence-corrected chi connectivity index (χ1v) is 7.84. The number of ether oxygens (including phenoxy) is 1. The molecule has 0 aliphatic carbocycles. The fourth-order valence-electron chi connectivity index (χ4n) is 3.51. The summed E-state index contributed by atoms with van der Waals surface area (Å²) in [6, 6.07) is 3.98. The van der Waals surface area contributed by atoms with E-state index in [0.717, 1.165) is 25.7 Å². The van der Waals surface area contributed by atoms with Crippen molar-refractivity contribution in [3.05, 3.63) is 22.7 Å². The summed E-state index contributed by atoms with van der Waals surface area (Å²) in [4.78, 5) is 12.5. The number of hydrazine groups is 1. The molecule has 0 saturated carbocycles. The van der Waals surface area contributed by atoms with Gasteiger partial charge in [-0.15, -0.1) is 0 Å². The molecule has 0 spiro atoms. The Morgan fingerprint density at radius 1 is 1.36 bits per heavy atom. The van der Waals surface area contributed by atoms with Crippen LogP contribution in [-0.2, 0) is 0 Å². The molecule has 0 aromatic heterocycles. The van der Waals surface area contributed by atoms with Gasteiger partial charge in [0.05, 0.1) is 23.4 Å². The fourth-order valence-corrected chi connectivity index (χ4v) is 3.67. The van der Waals surface area contributed by atoms with E-state index < -0.39 is 0 Å². The van der Waals surface area contributed by atoms with E-state index in [1.807, 2.05) is 5.01 Å². The second-order valence-electron chi connectivity index (χ2n) is 6.05. The average Bonchev–Trinajstić information content (AvgIpc) is 2.72. The molecule has 5 N–H and O–H groups in total. The number of fused-ring (bicyclic) bond motifs is 2. The number of anilines is 1. The Morgan fingerprint density at radius 2 is 2.00 bits per heavy atom. The van der Waals surface area contributed by atoms with Crippen molar-refractivity contribution < 1.29 is 9.53 Å². The molecule has 1 aromatic carbocycles. The van der Waals surface area contributed by atoms with Crippen molar-refractivity contribution in [1.82, 2.24) is 10.3 Å². The summed E-state index contributed by atoms with van der Waals surface area (Å²) < 4.78 is 5.24. The van der Waals surface area contributed by atoms with E-state index in [9.17, 15) is 4.79 Å². The van der Waals surface area contributed by atoms with Crippen molar-refractivity contribution in [3.8, 4) is 5.75 Å². The summed E-state index contributed by atoms with van der Waals surface area (Å²) in [5.74, 6) is 6.28. The van der Waals surface area contributed by atoms with Gasteiger partial charge in [0.25, 0.3) is 5.91 Å². The molecular formula is C15H21ClN4O2. The highest BCUT2D eigenvalue weighted by Crippen LogP contribution is 2.34. The van der Waals surface area contributed by atoms with Crippen LogP contribution in [-0.4, -0.2) is 36.2 Å². The molecule has 2 aliphatic rings. The molecule has 0 radical (unpaired) electrons. The van der Waals surface area contributed by atoms with Gasteiger partial charge in [0.1, 0.15) is 5.75 Å². The molecule has 120 valence electrons. The zero-order chi connectivity index (χ0) is 15.9. The van der Waals surface area contributed by atoms with Crippen LogP contribution in [0.2, 0.25) is 5.02 Å². The first-order valence-electron chi connectivity index (χ1n) is 7.46. The molecular weight excluding hydrogens is 304 g/mol. The van der Waals surface area contributed by atoms with Crippen LogP contribution >= 0.6 is 11.6 Å². The van der Waals surface area contributed by atoms with Gasteiger partial charge >= 0.3 is 0 Å². The maximum absolute atomic E-state index is 12.5. The largest absolute Gasteiger partial charge is 0.496 e. The van der Waals surface area contributed by atoms with Crippen LogP contribution in [0.1, 0.15) is 36.0 Å². The van der Waals surface area contributed by atoms with Crippen molar-refractivity contribution in [2.75, 3.05) is 12.8 Å². The van der Waals surface area contributed by atoms with E-state index in [2.05, 4.69) is 5.32 Å². The molecule has 2 aliphatic heterocycles. The van der Waals surface area contributed by atoms with Gasteiger partial charge in [0.15, 0.2) is 0 Å². The molecule has 2 fully saturated rings. The number of amides is 1. The number of nitrogen functional groups attached to an aromatic ring is 1. The normalized spacial score (nSPS) is 27.7. The Balaban J connectivity index is 1.74. The topological polar surface area (TPSA) is 93.6 Å². The number of carbonyl (C=O) groups excluding carboxylic acids is 1. The van der Waals surface area contributed by atoms with E-state index in [0.29, 0.717) is 34.1 Å². The number of piperidine rings is 1. The van der Waals surface area contributed by atoms with Crippen LogP contribution in [0.4, 0.5) is 5.69 Å². The smallest absolute Gasteiger partial charge is 0.255 e. The number of carbonyl (C=O) groups is 1. The Kier molecular flexibility index (Phi) is 4.16. The maximum Gasteiger partial charge on any atom is 0.255 e. The molecule has 22 heavy (non-hydrogen) atoms. The molecule has 3 atom stereocenters. The summed E-state index contributed by atoms with van der Waals surface area (Å²) in [5, 5.41) is 5.37. The molecule has 2 heterocycles. The number of nitrogens with two attached hydrogens (primary N) is 2. The molecule has 1 unspecified atom stereocenters. The van der Waals surface area contributed by atoms with Gasteiger partial charge in [0.2, 0.25) is 0 Å². The average molecular weight is 325 g/mol. The number of hydrogen-bond donors (Lipinski definition) is 3. The van der Waals surface area contributed by atoms with Gasteiger partial charge in [-0.2, -0.15) is 0 Å². The fraction of sp³-hybridized carbons (Fsp3) is 0.533. The zero-order valence-electron chi connectivity index (χ0n) is 12.5. The number of nitrogens with zero attached hydrogens (tertiary/aromatic N) is 1. The highest BCUT2D eigenvalue weighted by Gasteiger charge is 2.39. The van der Waals surface area contributed by atoms with Gasteiger partial charge in [-0.3, -0.25) is 10.6 Å². The number of benzene rings is 1. The van der Waals surface area contributed by atoms with Crippen molar-refractivity contribution in [3.63, 3.8) is 0 Å². The molecule has 7 heteroatoms. The third-order valence-corrected chi connectivity index (χ3v) is 5.02. The van der Waals surface area contributed by atoms with Gasteiger partial charge in [0, 0.05) is 24.2 Å². The van der Waals surface area contributed by atoms with Gasteiger partial charge in [-0.1, -0.05) is 11.6 Å². The van der Waals surface area contributed by atoms with Gasteiger partial charge in [-0.25, -0.2) is 5.01 Å². The minimum atomic E-state index is -0.186. The lowest BCUT2D eigenvalue weighted by atomic mass is 9.98. The molecule has 2 bridgehead atoms. The summed E-state index contributed by atoms with van der Waals surface area (Å²) in [6.07, 6.45) is 3.96. The van der Waals surface area contributed by atoms with Crippen LogP contribution in [0.25, 0.3) is 0 Å². The lowest BCUT2D eigenvalue weighted by Crippen LogP contribution is -2.53. The Morgan fingerprint density at radius 3 is 2.59 bits per heavy atom. The highest BCUT2D eigenvalue weighted by atomic mass is 35.5. The van der Waals surface area contributed by atoms with Crippen LogP contribution in [0.5, 0.6) is 5.75 Å². The summed E-state index contributed by atoms with van der Waals surface area (Å²) >= 11 is 6.02. The Hall–Kier alpha value is -1.50. The minimum Gasteiger partial charge on any atom is -0.496 e. The summed E-state index contributed by atoms with van der Waals surface area (Å²) in [6.45, 7) is 0. The Labute approximate surface area is 134 Å². The minimum absolute atomic E-state index is 0.130. The predicted octanol–water partition coefficient (Wildman–Crippen LogP) is 1.53. The van der Waals surface area contributed by atoms with E-state index in [1.54, 1.807) is 12.1 Å². The number of nitrogens with one attached hydrogen (secondary N) is 1. The molecule has 1 amide bonds. The van der Waals surface area contributed by atoms with E-state index in [-0.39, 0.29) is 11.9 Å². The third kappa shape index (κ3) is 2.74. The maximum atomic E-state index is 12.5. The quantitative estimate of drug-likeness (QED) is 0.579. The van der Waals surface area contributed by atoms with Crippen LogP contribution in [0.3, 0.4) is 0 Å². The first-order chi connectivity index (χ1) is 10.5. The molecule has 2 saturated heterocycles. The molecule has 6 nitrogen and oxygen atoms in total. The van der Waals surface area contributed by atoms with Crippen molar-refractivity contribution in [1.29, 1.82) is 0 Å². The van der Waals surface area contributed by atoms with Crippen LogP contribution in [0, 0.1) is 0 Å². The van der Waals surface area contributed by atoms with E-state index >= 15 is 0 Å². The number of halogens is 1. The van der Waals surface area contributed by atoms with Crippen LogP contribution in [0.15, 0.2) is 12.1 Å². The highest BCUT2D eigenvalue weighted by molar-refractivity contribution is 6.33. The second kappa shape index (κ2) is 5.95. The second-order valence-corrected chi connectivity index (χ2v) is 6.46. The number of rotatable bonds is 3. The lowest BCUT2D eigenvalue weighted by molar-refractivity contribution is 0.0843. The van der Waals surface area contributed by atoms with E-state index in [1.165, 1.54) is 7.11 Å². The van der Waals surface area contributed by atoms with Gasteiger partial charge in [-0.05, 0) is 31.7 Å².